The Balaban J connectivity index is 2.18. The van der Waals surface area contributed by atoms with Gasteiger partial charge in [0, 0.05) is 10.9 Å². The SMILES string of the molecule is CCc1cc(C(=O)N(CC(=O)O)C2CC2)sc1C. The van der Waals surface area contributed by atoms with Gasteiger partial charge in [-0.1, -0.05) is 6.92 Å². The fraction of sp³-hybridized carbons (Fsp3) is 0.538. The zero-order valence-electron chi connectivity index (χ0n) is 10.6. The van der Waals surface area contributed by atoms with Crippen molar-refractivity contribution >= 4 is 23.2 Å². The van der Waals surface area contributed by atoms with E-state index in [0.717, 1.165) is 24.1 Å². The predicted molar refractivity (Wildman–Crippen MR) is 70.1 cm³/mol. The van der Waals surface area contributed by atoms with Crippen LogP contribution in [0.15, 0.2) is 6.07 Å². The minimum Gasteiger partial charge on any atom is -0.480 e. The summed E-state index contributed by atoms with van der Waals surface area (Å²) in [7, 11) is 0. The highest BCUT2D eigenvalue weighted by Crippen LogP contribution is 2.30. The van der Waals surface area contributed by atoms with E-state index in [0.29, 0.717) is 4.88 Å². The Kier molecular flexibility index (Phi) is 3.71. The van der Waals surface area contributed by atoms with Crippen LogP contribution in [0.5, 0.6) is 0 Å². The number of thiophene rings is 1. The van der Waals surface area contributed by atoms with Crippen molar-refractivity contribution in [1.82, 2.24) is 4.90 Å². The quantitative estimate of drug-likeness (QED) is 0.890. The van der Waals surface area contributed by atoms with Crippen LogP contribution < -0.4 is 0 Å². The van der Waals surface area contributed by atoms with Crippen molar-refractivity contribution in [3.63, 3.8) is 0 Å². The molecule has 0 bridgehead atoms. The molecule has 0 aliphatic heterocycles. The largest absolute Gasteiger partial charge is 0.480 e. The molecule has 1 aromatic rings. The molecule has 18 heavy (non-hydrogen) atoms. The van der Waals surface area contributed by atoms with Gasteiger partial charge in [-0.05, 0) is 37.8 Å². The Bertz CT molecular complexity index is 477. The lowest BCUT2D eigenvalue weighted by atomic mass is 10.2. The average Bonchev–Trinajstić information content (AvgIpc) is 3.08. The normalized spacial score (nSPS) is 14.6. The molecule has 1 aliphatic carbocycles. The van der Waals surface area contributed by atoms with Gasteiger partial charge in [-0.3, -0.25) is 9.59 Å². The molecule has 1 N–H and O–H groups in total. The van der Waals surface area contributed by atoms with E-state index in [-0.39, 0.29) is 18.5 Å². The number of aryl methyl sites for hydroxylation is 2. The first-order chi connectivity index (χ1) is 8.52. The number of hydrogen-bond donors (Lipinski definition) is 1. The van der Waals surface area contributed by atoms with Gasteiger partial charge >= 0.3 is 5.97 Å². The maximum Gasteiger partial charge on any atom is 0.323 e. The van der Waals surface area contributed by atoms with E-state index in [1.54, 1.807) is 0 Å². The average molecular weight is 267 g/mol. The van der Waals surface area contributed by atoms with Crippen molar-refractivity contribution in [2.75, 3.05) is 6.54 Å². The first-order valence-corrected chi connectivity index (χ1v) is 6.96. The highest BCUT2D eigenvalue weighted by Gasteiger charge is 2.34. The molecule has 1 aliphatic rings. The molecule has 0 spiro atoms. The number of carboxylic acids is 1. The Morgan fingerprint density at radius 2 is 2.17 bits per heavy atom. The Hall–Kier alpha value is -1.36. The van der Waals surface area contributed by atoms with Gasteiger partial charge in [-0.15, -0.1) is 11.3 Å². The number of nitrogens with zero attached hydrogens (tertiary/aromatic N) is 1. The van der Waals surface area contributed by atoms with Gasteiger partial charge in [-0.2, -0.15) is 0 Å². The third-order valence-electron chi connectivity index (χ3n) is 3.17. The van der Waals surface area contributed by atoms with Gasteiger partial charge in [0.2, 0.25) is 0 Å². The monoisotopic (exact) mass is 267 g/mol. The second-order valence-electron chi connectivity index (χ2n) is 4.60. The summed E-state index contributed by atoms with van der Waals surface area (Å²) in [6.07, 6.45) is 2.74. The maximum atomic E-state index is 12.3. The Morgan fingerprint density at radius 3 is 2.61 bits per heavy atom. The van der Waals surface area contributed by atoms with E-state index in [1.807, 2.05) is 13.0 Å². The van der Waals surface area contributed by atoms with Gasteiger partial charge in [0.1, 0.15) is 6.54 Å². The second-order valence-corrected chi connectivity index (χ2v) is 5.86. The van der Waals surface area contributed by atoms with Crippen molar-refractivity contribution in [2.24, 2.45) is 0 Å². The number of carboxylic acid groups (broad SMARTS) is 1. The first kappa shape index (κ1) is 13.1. The van der Waals surface area contributed by atoms with Crippen LogP contribution in [0, 0.1) is 6.92 Å². The van der Waals surface area contributed by atoms with Crippen molar-refractivity contribution in [3.8, 4) is 0 Å². The Morgan fingerprint density at radius 1 is 1.50 bits per heavy atom. The van der Waals surface area contributed by atoms with Crippen LogP contribution in [-0.4, -0.2) is 34.5 Å². The minimum atomic E-state index is -0.945. The summed E-state index contributed by atoms with van der Waals surface area (Å²) < 4.78 is 0. The van der Waals surface area contributed by atoms with Crippen molar-refractivity contribution in [2.45, 2.75) is 39.2 Å². The summed E-state index contributed by atoms with van der Waals surface area (Å²) in [6, 6.07) is 2.03. The van der Waals surface area contributed by atoms with Crippen LogP contribution in [0.4, 0.5) is 0 Å². The van der Waals surface area contributed by atoms with Crippen LogP contribution in [0.3, 0.4) is 0 Å². The summed E-state index contributed by atoms with van der Waals surface area (Å²) in [5, 5.41) is 8.87. The maximum absolute atomic E-state index is 12.3. The second kappa shape index (κ2) is 5.10. The summed E-state index contributed by atoms with van der Waals surface area (Å²) in [5.74, 6) is -1.08. The molecule has 1 saturated carbocycles. The molecular weight excluding hydrogens is 250 g/mol. The standard InChI is InChI=1S/C13H17NO3S/c1-3-9-6-11(18-8(9)2)13(17)14(7-12(15)16)10-4-5-10/h6,10H,3-5,7H2,1-2H3,(H,15,16). The zero-order chi connectivity index (χ0) is 13.3. The van der Waals surface area contributed by atoms with Crippen LogP contribution in [0.1, 0.15) is 39.9 Å². The van der Waals surface area contributed by atoms with Crippen molar-refractivity contribution < 1.29 is 14.7 Å². The molecule has 0 atom stereocenters. The van der Waals surface area contributed by atoms with E-state index in [2.05, 4.69) is 6.92 Å². The van der Waals surface area contributed by atoms with Crippen molar-refractivity contribution in [1.29, 1.82) is 0 Å². The Labute approximate surface area is 110 Å². The predicted octanol–water partition coefficient (Wildman–Crippen LogP) is 2.31. The molecule has 0 unspecified atom stereocenters. The number of rotatable bonds is 5. The summed E-state index contributed by atoms with van der Waals surface area (Å²) in [4.78, 5) is 26.4. The van der Waals surface area contributed by atoms with E-state index >= 15 is 0 Å². The number of amides is 1. The number of aliphatic carboxylic acids is 1. The molecule has 1 heterocycles. The molecule has 0 saturated heterocycles. The lowest BCUT2D eigenvalue weighted by Crippen LogP contribution is -2.37. The van der Waals surface area contributed by atoms with Crippen LogP contribution in [0.2, 0.25) is 0 Å². The zero-order valence-corrected chi connectivity index (χ0v) is 11.4. The van der Waals surface area contributed by atoms with Gasteiger partial charge in [0.05, 0.1) is 4.88 Å². The molecule has 5 heteroatoms. The summed E-state index contributed by atoms with van der Waals surface area (Å²) >= 11 is 1.46. The highest BCUT2D eigenvalue weighted by molar-refractivity contribution is 7.14. The number of carbonyl (C=O) groups excluding carboxylic acids is 1. The lowest BCUT2D eigenvalue weighted by Gasteiger charge is -2.19. The van der Waals surface area contributed by atoms with Crippen LogP contribution in [-0.2, 0) is 11.2 Å². The van der Waals surface area contributed by atoms with E-state index in [1.165, 1.54) is 21.8 Å². The topological polar surface area (TPSA) is 57.6 Å². The van der Waals surface area contributed by atoms with Crippen LogP contribution in [0.25, 0.3) is 0 Å². The van der Waals surface area contributed by atoms with E-state index < -0.39 is 5.97 Å². The third kappa shape index (κ3) is 2.72. The minimum absolute atomic E-state index is 0.126. The van der Waals surface area contributed by atoms with Gasteiger partial charge in [0.15, 0.2) is 0 Å². The molecular formula is C13H17NO3S. The fourth-order valence-electron chi connectivity index (χ4n) is 2.02. The molecule has 1 fully saturated rings. The van der Waals surface area contributed by atoms with Gasteiger partial charge in [0.25, 0.3) is 5.91 Å². The molecule has 1 aromatic heterocycles. The summed E-state index contributed by atoms with van der Waals surface area (Å²) in [5.41, 5.74) is 1.18. The molecule has 4 nitrogen and oxygen atoms in total. The van der Waals surface area contributed by atoms with E-state index in [9.17, 15) is 9.59 Å². The lowest BCUT2D eigenvalue weighted by molar-refractivity contribution is -0.137. The molecule has 1 amide bonds. The van der Waals surface area contributed by atoms with Crippen molar-refractivity contribution in [3.05, 3.63) is 21.4 Å². The molecule has 2 rings (SSSR count). The first-order valence-electron chi connectivity index (χ1n) is 6.15. The number of carbonyl (C=O) groups is 2. The smallest absolute Gasteiger partial charge is 0.323 e. The fourth-order valence-corrected chi connectivity index (χ4v) is 3.09. The molecule has 0 aromatic carbocycles. The summed E-state index contributed by atoms with van der Waals surface area (Å²) in [6.45, 7) is 3.86. The van der Waals surface area contributed by atoms with E-state index in [4.69, 9.17) is 5.11 Å². The molecule has 0 radical (unpaired) electrons. The van der Waals surface area contributed by atoms with Crippen LogP contribution >= 0.6 is 11.3 Å². The molecule has 98 valence electrons. The number of hydrogen-bond acceptors (Lipinski definition) is 3. The van der Waals surface area contributed by atoms with Gasteiger partial charge in [-0.25, -0.2) is 0 Å². The van der Waals surface area contributed by atoms with Gasteiger partial charge < -0.3 is 10.0 Å². The highest BCUT2D eigenvalue weighted by atomic mass is 32.1. The third-order valence-corrected chi connectivity index (χ3v) is 4.25.